The van der Waals surface area contributed by atoms with Crippen molar-refractivity contribution in [1.82, 2.24) is 9.80 Å². The lowest BCUT2D eigenvalue weighted by Gasteiger charge is -2.43. The molecule has 0 N–H and O–H groups in total. The third-order valence-corrected chi connectivity index (χ3v) is 8.65. The van der Waals surface area contributed by atoms with Gasteiger partial charge in [0.1, 0.15) is 5.82 Å². The number of amides is 1. The summed E-state index contributed by atoms with van der Waals surface area (Å²) in [4.78, 5) is 18.7. The molecule has 2 aliphatic rings. The van der Waals surface area contributed by atoms with E-state index < -0.39 is 0 Å². The summed E-state index contributed by atoms with van der Waals surface area (Å²) < 4.78 is 14.8. The number of benzene rings is 4. The second-order valence-corrected chi connectivity index (χ2v) is 11.1. The summed E-state index contributed by atoms with van der Waals surface area (Å²) in [6.07, 6.45) is 2.50. The molecular formula is C35H35FN2O. The van der Waals surface area contributed by atoms with Crippen molar-refractivity contribution in [2.45, 2.75) is 57.8 Å². The number of nitrogens with zero attached hydrogens (tertiary/aromatic N) is 2. The molecule has 0 saturated carbocycles. The van der Waals surface area contributed by atoms with Gasteiger partial charge in [0, 0.05) is 24.2 Å². The molecule has 0 spiro atoms. The fourth-order valence-electron chi connectivity index (χ4n) is 6.58. The smallest absolute Gasteiger partial charge is 0.237 e. The Morgan fingerprint density at radius 2 is 1.38 bits per heavy atom. The normalized spacial score (nSPS) is 18.9. The van der Waals surface area contributed by atoms with Crippen LogP contribution in [0, 0.1) is 12.7 Å². The molecule has 4 aromatic rings. The van der Waals surface area contributed by atoms with Crippen LogP contribution in [0.25, 0.3) is 0 Å². The van der Waals surface area contributed by atoms with Gasteiger partial charge < -0.3 is 4.90 Å². The molecule has 0 fully saturated rings. The van der Waals surface area contributed by atoms with Crippen molar-refractivity contribution in [1.29, 1.82) is 0 Å². The Balaban J connectivity index is 1.35. The van der Waals surface area contributed by atoms with Gasteiger partial charge in [-0.3, -0.25) is 9.69 Å². The molecule has 39 heavy (non-hydrogen) atoms. The molecule has 0 bridgehead atoms. The first-order valence-corrected chi connectivity index (χ1v) is 14.0. The van der Waals surface area contributed by atoms with Crippen LogP contribution in [0.4, 0.5) is 4.39 Å². The third kappa shape index (κ3) is 5.02. The second-order valence-electron chi connectivity index (χ2n) is 11.1. The van der Waals surface area contributed by atoms with E-state index in [1.54, 1.807) is 12.1 Å². The Morgan fingerprint density at radius 1 is 0.795 bits per heavy atom. The monoisotopic (exact) mass is 518 g/mol. The molecule has 0 aromatic heterocycles. The standard InChI is InChI=1S/C35H35FN2O/c1-24-11-3-8-16-31(24)35-32-17-9-6-14-28(32)19-25(2)37(35)23-34(39)38(22-29-15-7-10-18-33(29)36)30-20-26-12-4-5-13-27(26)21-30/h3-18,25,30,35H,19-23H2,1-2H3/t25-,35?/m0/s1. The fraction of sp³-hybridized carbons (Fsp3) is 0.286. The molecule has 1 aliphatic carbocycles. The number of carbonyl (C=O) groups is 1. The average molecular weight is 519 g/mol. The van der Waals surface area contributed by atoms with Crippen LogP contribution >= 0.6 is 0 Å². The van der Waals surface area contributed by atoms with Crippen molar-refractivity contribution in [3.8, 4) is 0 Å². The summed E-state index contributed by atoms with van der Waals surface area (Å²) in [5.74, 6) is -0.204. The summed E-state index contributed by atoms with van der Waals surface area (Å²) >= 11 is 0. The number of fused-ring (bicyclic) bond motifs is 2. The zero-order valence-electron chi connectivity index (χ0n) is 22.7. The van der Waals surface area contributed by atoms with E-state index in [4.69, 9.17) is 0 Å². The number of rotatable bonds is 6. The number of hydrogen-bond acceptors (Lipinski definition) is 2. The first-order chi connectivity index (χ1) is 19.0. The SMILES string of the molecule is Cc1ccccc1C1c2ccccc2C[C@H](C)N1CC(=O)N(Cc1ccccc1F)C1Cc2ccccc2C1. The number of aryl methyl sites for hydroxylation is 1. The van der Waals surface area contributed by atoms with Crippen LogP contribution in [-0.2, 0) is 30.6 Å². The van der Waals surface area contributed by atoms with Gasteiger partial charge in [0.25, 0.3) is 0 Å². The lowest BCUT2D eigenvalue weighted by molar-refractivity contribution is -0.136. The van der Waals surface area contributed by atoms with Gasteiger partial charge in [0.15, 0.2) is 0 Å². The number of halogens is 1. The van der Waals surface area contributed by atoms with E-state index >= 15 is 0 Å². The summed E-state index contributed by atoms with van der Waals surface area (Å²) in [6.45, 7) is 4.94. The van der Waals surface area contributed by atoms with Crippen molar-refractivity contribution < 1.29 is 9.18 Å². The minimum atomic E-state index is -0.260. The van der Waals surface area contributed by atoms with Crippen LogP contribution in [0.3, 0.4) is 0 Å². The fourth-order valence-corrected chi connectivity index (χ4v) is 6.58. The van der Waals surface area contributed by atoms with Crippen LogP contribution in [0.2, 0.25) is 0 Å². The molecule has 198 valence electrons. The number of hydrogen-bond donors (Lipinski definition) is 0. The molecule has 0 radical (unpaired) electrons. The van der Waals surface area contributed by atoms with E-state index in [9.17, 15) is 9.18 Å². The molecule has 4 aromatic carbocycles. The highest BCUT2D eigenvalue weighted by molar-refractivity contribution is 5.79. The van der Waals surface area contributed by atoms with Gasteiger partial charge in [-0.15, -0.1) is 0 Å². The maximum absolute atomic E-state index is 14.8. The minimum absolute atomic E-state index is 0.00816. The van der Waals surface area contributed by atoms with Crippen LogP contribution in [0.15, 0.2) is 97.1 Å². The topological polar surface area (TPSA) is 23.6 Å². The predicted octanol–water partition coefficient (Wildman–Crippen LogP) is 6.67. The first-order valence-electron chi connectivity index (χ1n) is 14.0. The van der Waals surface area contributed by atoms with Crippen molar-refractivity contribution >= 4 is 5.91 Å². The van der Waals surface area contributed by atoms with Crippen LogP contribution in [0.1, 0.15) is 51.9 Å². The van der Waals surface area contributed by atoms with Gasteiger partial charge in [0.2, 0.25) is 5.91 Å². The summed E-state index contributed by atoms with van der Waals surface area (Å²) in [5.41, 5.74) is 8.20. The Labute approximate surface area is 230 Å². The van der Waals surface area contributed by atoms with Crippen molar-refractivity contribution in [2.24, 2.45) is 0 Å². The van der Waals surface area contributed by atoms with E-state index in [0.29, 0.717) is 5.56 Å². The Bertz CT molecular complexity index is 1470. The van der Waals surface area contributed by atoms with Gasteiger partial charge in [0.05, 0.1) is 12.6 Å². The van der Waals surface area contributed by atoms with Gasteiger partial charge in [-0.1, -0.05) is 91.0 Å². The Kier molecular flexibility index (Phi) is 7.05. The maximum Gasteiger partial charge on any atom is 0.237 e. The van der Waals surface area contributed by atoms with E-state index in [1.807, 2.05) is 11.0 Å². The van der Waals surface area contributed by atoms with Gasteiger partial charge >= 0.3 is 0 Å². The highest BCUT2D eigenvalue weighted by Crippen LogP contribution is 2.39. The zero-order valence-corrected chi connectivity index (χ0v) is 22.7. The van der Waals surface area contributed by atoms with E-state index in [0.717, 1.165) is 19.3 Å². The van der Waals surface area contributed by atoms with Crippen molar-refractivity contribution in [3.63, 3.8) is 0 Å². The lowest BCUT2D eigenvalue weighted by atomic mass is 9.83. The second kappa shape index (κ2) is 10.8. The predicted molar refractivity (Wildman–Crippen MR) is 154 cm³/mol. The van der Waals surface area contributed by atoms with E-state index in [-0.39, 0.29) is 42.9 Å². The average Bonchev–Trinajstić information content (AvgIpc) is 3.37. The van der Waals surface area contributed by atoms with Gasteiger partial charge in [-0.2, -0.15) is 0 Å². The van der Waals surface area contributed by atoms with Gasteiger partial charge in [-0.05, 0) is 72.6 Å². The summed E-state index contributed by atoms with van der Waals surface area (Å²) in [5, 5.41) is 0. The molecule has 2 atom stereocenters. The van der Waals surface area contributed by atoms with Crippen LogP contribution in [0.5, 0.6) is 0 Å². The van der Waals surface area contributed by atoms with Gasteiger partial charge in [-0.25, -0.2) is 4.39 Å². The Morgan fingerprint density at radius 3 is 2.08 bits per heavy atom. The highest BCUT2D eigenvalue weighted by Gasteiger charge is 2.37. The molecule has 4 heteroatoms. The molecule has 3 nitrogen and oxygen atoms in total. The minimum Gasteiger partial charge on any atom is -0.333 e. The first kappa shape index (κ1) is 25.5. The molecule has 1 heterocycles. The Hall–Kier alpha value is -3.76. The molecule has 1 amide bonds. The third-order valence-electron chi connectivity index (χ3n) is 8.65. The highest BCUT2D eigenvalue weighted by atomic mass is 19.1. The van der Waals surface area contributed by atoms with Crippen LogP contribution < -0.4 is 0 Å². The van der Waals surface area contributed by atoms with E-state index in [2.05, 4.69) is 91.5 Å². The summed E-state index contributed by atoms with van der Waals surface area (Å²) in [6, 6.07) is 32.6. The molecule has 1 unspecified atom stereocenters. The van der Waals surface area contributed by atoms with Crippen molar-refractivity contribution in [3.05, 3.63) is 142 Å². The molecule has 0 saturated heterocycles. The summed E-state index contributed by atoms with van der Waals surface area (Å²) in [7, 11) is 0. The van der Waals surface area contributed by atoms with E-state index in [1.165, 1.54) is 39.4 Å². The van der Waals surface area contributed by atoms with Crippen molar-refractivity contribution in [2.75, 3.05) is 6.54 Å². The number of carbonyl (C=O) groups excluding carboxylic acids is 1. The molecule has 6 rings (SSSR count). The quantitative estimate of drug-likeness (QED) is 0.285. The largest absolute Gasteiger partial charge is 0.333 e. The van der Waals surface area contributed by atoms with Crippen LogP contribution in [-0.4, -0.2) is 34.3 Å². The molecular weight excluding hydrogens is 483 g/mol. The maximum atomic E-state index is 14.8. The zero-order chi connectivity index (χ0) is 26.9. The lowest BCUT2D eigenvalue weighted by Crippen LogP contribution is -2.51. The molecule has 1 aliphatic heterocycles.